The Labute approximate surface area is 138 Å². The maximum Gasteiger partial charge on any atom is 0.223 e. The summed E-state index contributed by atoms with van der Waals surface area (Å²) in [6.45, 7) is 0.669. The smallest absolute Gasteiger partial charge is 0.223 e. The van der Waals surface area contributed by atoms with Crippen LogP contribution in [-0.4, -0.2) is 47.1 Å². The first-order valence-electron chi connectivity index (χ1n) is 8.02. The molecule has 1 amide bonds. The maximum atomic E-state index is 12.9. The van der Waals surface area contributed by atoms with E-state index in [-0.39, 0.29) is 11.9 Å². The van der Waals surface area contributed by atoms with E-state index in [1.165, 1.54) is 0 Å². The van der Waals surface area contributed by atoms with Crippen molar-refractivity contribution in [3.05, 3.63) is 53.9 Å². The van der Waals surface area contributed by atoms with E-state index in [0.717, 1.165) is 29.3 Å². The summed E-state index contributed by atoms with van der Waals surface area (Å²) in [5.41, 5.74) is 2.97. The quantitative estimate of drug-likeness (QED) is 0.747. The first-order valence-corrected chi connectivity index (χ1v) is 8.02. The van der Waals surface area contributed by atoms with Gasteiger partial charge >= 0.3 is 0 Å². The molecule has 0 saturated heterocycles. The Morgan fingerprint density at radius 2 is 2.25 bits per heavy atom. The zero-order valence-corrected chi connectivity index (χ0v) is 13.4. The average molecular weight is 325 g/mol. The molecule has 3 aromatic rings. The van der Waals surface area contributed by atoms with Gasteiger partial charge in [-0.25, -0.2) is 9.97 Å². The molecule has 124 valence electrons. The maximum absolute atomic E-state index is 12.9. The Balaban J connectivity index is 1.61. The number of aromatic amines is 2. The molecular weight excluding hydrogens is 306 g/mol. The van der Waals surface area contributed by atoms with Crippen molar-refractivity contribution in [1.29, 1.82) is 0 Å². The van der Waals surface area contributed by atoms with Crippen LogP contribution in [-0.2, 0) is 24.7 Å². The summed E-state index contributed by atoms with van der Waals surface area (Å²) in [4.78, 5) is 29.7. The van der Waals surface area contributed by atoms with Crippen LogP contribution in [0.15, 0.2) is 31.0 Å². The molecule has 1 aliphatic heterocycles. The zero-order chi connectivity index (χ0) is 16.5. The van der Waals surface area contributed by atoms with E-state index in [9.17, 15) is 4.79 Å². The summed E-state index contributed by atoms with van der Waals surface area (Å²) < 4.78 is 1.81. The summed E-state index contributed by atoms with van der Waals surface area (Å²) in [6.07, 6.45) is 8.74. The second-order valence-electron chi connectivity index (χ2n) is 5.92. The number of carbonyl (C=O) groups is 1. The number of amides is 1. The van der Waals surface area contributed by atoms with Gasteiger partial charge in [0.2, 0.25) is 5.91 Å². The molecular formula is C16H19N7O. The van der Waals surface area contributed by atoms with Gasteiger partial charge in [-0.1, -0.05) is 0 Å². The molecule has 0 fully saturated rings. The molecule has 3 aromatic heterocycles. The lowest BCUT2D eigenvalue weighted by atomic mass is 9.99. The molecule has 0 radical (unpaired) electrons. The lowest BCUT2D eigenvalue weighted by molar-refractivity contribution is -0.133. The van der Waals surface area contributed by atoms with Crippen LogP contribution in [0.5, 0.6) is 0 Å². The first kappa shape index (κ1) is 14.7. The highest BCUT2D eigenvalue weighted by molar-refractivity contribution is 5.77. The van der Waals surface area contributed by atoms with Gasteiger partial charge in [-0.15, -0.1) is 0 Å². The number of nitrogens with zero attached hydrogens (tertiary/aromatic N) is 5. The fourth-order valence-corrected chi connectivity index (χ4v) is 3.30. The lowest BCUT2D eigenvalue weighted by Gasteiger charge is -2.35. The van der Waals surface area contributed by atoms with Gasteiger partial charge in [0.25, 0.3) is 0 Å². The zero-order valence-electron chi connectivity index (χ0n) is 13.4. The van der Waals surface area contributed by atoms with Crippen LogP contribution in [0.1, 0.15) is 35.4 Å². The Bertz CT molecular complexity index is 832. The SMILES string of the molecule is Cn1nccc1C1c2nc[nH]c2CCN1C(=O)CCc1ncc[nH]1. The molecule has 4 rings (SSSR count). The molecule has 1 unspecified atom stereocenters. The molecule has 4 heterocycles. The van der Waals surface area contributed by atoms with Gasteiger partial charge in [0.1, 0.15) is 11.9 Å². The second-order valence-corrected chi connectivity index (χ2v) is 5.92. The number of aromatic nitrogens is 6. The molecule has 0 bridgehead atoms. The standard InChI is InChI=1S/C16H19N7O/c1-22-12(4-6-21-22)16-15-11(19-10-20-15)5-9-23(16)14(24)3-2-13-17-7-8-18-13/h4,6-8,10,16H,2-3,5,9H2,1H3,(H,17,18)(H,19,20). The highest BCUT2D eigenvalue weighted by Gasteiger charge is 2.35. The number of rotatable bonds is 4. The van der Waals surface area contributed by atoms with Crippen molar-refractivity contribution in [2.45, 2.75) is 25.3 Å². The van der Waals surface area contributed by atoms with E-state index in [1.807, 2.05) is 18.0 Å². The molecule has 0 saturated carbocycles. The molecule has 8 nitrogen and oxygen atoms in total. The van der Waals surface area contributed by atoms with Gasteiger partial charge in [-0.05, 0) is 6.07 Å². The van der Waals surface area contributed by atoms with Crippen molar-refractivity contribution in [1.82, 2.24) is 34.6 Å². The molecule has 1 aliphatic rings. The predicted octanol–water partition coefficient (Wildman–Crippen LogP) is 0.973. The van der Waals surface area contributed by atoms with Crippen molar-refractivity contribution in [2.75, 3.05) is 6.54 Å². The van der Waals surface area contributed by atoms with Crippen molar-refractivity contribution in [3.63, 3.8) is 0 Å². The summed E-state index contributed by atoms with van der Waals surface area (Å²) >= 11 is 0. The highest BCUT2D eigenvalue weighted by atomic mass is 16.2. The summed E-state index contributed by atoms with van der Waals surface area (Å²) in [6, 6.07) is 1.75. The fraction of sp³-hybridized carbons (Fsp3) is 0.375. The van der Waals surface area contributed by atoms with Crippen LogP contribution in [0.25, 0.3) is 0 Å². The van der Waals surface area contributed by atoms with Crippen LogP contribution in [0.4, 0.5) is 0 Å². The molecule has 1 atom stereocenters. The van der Waals surface area contributed by atoms with Gasteiger partial charge < -0.3 is 14.9 Å². The van der Waals surface area contributed by atoms with Crippen molar-refractivity contribution in [3.8, 4) is 0 Å². The van der Waals surface area contributed by atoms with Crippen molar-refractivity contribution >= 4 is 5.91 Å². The number of H-pyrrole nitrogens is 2. The third-order valence-electron chi connectivity index (χ3n) is 4.51. The number of carbonyl (C=O) groups excluding carboxylic acids is 1. The van der Waals surface area contributed by atoms with E-state index in [0.29, 0.717) is 19.4 Å². The van der Waals surface area contributed by atoms with Gasteiger partial charge in [-0.2, -0.15) is 5.10 Å². The van der Waals surface area contributed by atoms with E-state index in [2.05, 4.69) is 25.0 Å². The van der Waals surface area contributed by atoms with Gasteiger partial charge in [0.05, 0.1) is 17.7 Å². The second kappa shape index (κ2) is 5.95. The number of imidazole rings is 2. The molecule has 24 heavy (non-hydrogen) atoms. The summed E-state index contributed by atoms with van der Waals surface area (Å²) in [5, 5.41) is 4.26. The van der Waals surface area contributed by atoms with Crippen molar-refractivity contribution in [2.24, 2.45) is 7.05 Å². The van der Waals surface area contributed by atoms with Crippen LogP contribution in [0, 0.1) is 0 Å². The van der Waals surface area contributed by atoms with Gasteiger partial charge in [0.15, 0.2) is 0 Å². The van der Waals surface area contributed by atoms with Crippen LogP contribution in [0.2, 0.25) is 0 Å². The predicted molar refractivity (Wildman–Crippen MR) is 86.0 cm³/mol. The lowest BCUT2D eigenvalue weighted by Crippen LogP contribution is -2.41. The third-order valence-corrected chi connectivity index (χ3v) is 4.51. The number of nitrogens with one attached hydrogen (secondary N) is 2. The molecule has 0 spiro atoms. The number of aryl methyl sites for hydroxylation is 2. The van der Waals surface area contributed by atoms with Crippen LogP contribution >= 0.6 is 0 Å². The normalized spacial score (nSPS) is 17.0. The van der Waals surface area contributed by atoms with Gasteiger partial charge in [-0.3, -0.25) is 9.48 Å². The minimum Gasteiger partial charge on any atom is -0.349 e. The molecule has 0 aromatic carbocycles. The monoisotopic (exact) mass is 325 g/mol. The summed E-state index contributed by atoms with van der Waals surface area (Å²) in [7, 11) is 1.89. The Morgan fingerprint density at radius 3 is 3.00 bits per heavy atom. The third kappa shape index (κ3) is 2.49. The topological polar surface area (TPSA) is 95.5 Å². The molecule has 8 heteroatoms. The van der Waals surface area contributed by atoms with Gasteiger partial charge in [0, 0.05) is 57.1 Å². The van der Waals surface area contributed by atoms with Crippen LogP contribution in [0.3, 0.4) is 0 Å². The molecule has 2 N–H and O–H groups in total. The van der Waals surface area contributed by atoms with Crippen LogP contribution < -0.4 is 0 Å². The largest absolute Gasteiger partial charge is 0.349 e. The Kier molecular flexibility index (Phi) is 3.64. The van der Waals surface area contributed by atoms with E-state index in [4.69, 9.17) is 0 Å². The van der Waals surface area contributed by atoms with Crippen molar-refractivity contribution < 1.29 is 4.79 Å². The minimum absolute atomic E-state index is 0.103. The summed E-state index contributed by atoms with van der Waals surface area (Å²) in [5.74, 6) is 0.934. The highest BCUT2D eigenvalue weighted by Crippen LogP contribution is 2.33. The minimum atomic E-state index is -0.198. The molecule has 0 aliphatic carbocycles. The Morgan fingerprint density at radius 1 is 1.33 bits per heavy atom. The number of fused-ring (bicyclic) bond motifs is 1. The average Bonchev–Trinajstić information content (AvgIpc) is 3.33. The van der Waals surface area contributed by atoms with E-state index < -0.39 is 0 Å². The fourth-order valence-electron chi connectivity index (χ4n) is 3.30. The Hall–Kier alpha value is -2.90. The number of hydrogen-bond acceptors (Lipinski definition) is 4. The van der Waals surface area contributed by atoms with E-state index >= 15 is 0 Å². The first-order chi connectivity index (χ1) is 11.7. The van der Waals surface area contributed by atoms with E-state index in [1.54, 1.807) is 29.6 Å². The number of hydrogen-bond donors (Lipinski definition) is 2.